The molecular formula is C16H27NO4. The van der Waals surface area contributed by atoms with Crippen LogP contribution in [0.2, 0.25) is 0 Å². The molecule has 0 saturated heterocycles. The molecule has 0 aromatic heterocycles. The predicted octanol–water partition coefficient (Wildman–Crippen LogP) is 2.35. The van der Waals surface area contributed by atoms with Crippen molar-refractivity contribution < 1.29 is 19.3 Å². The highest BCUT2D eigenvalue weighted by Gasteiger charge is 2.14. The normalized spacial score (nSPS) is 10.8. The summed E-state index contributed by atoms with van der Waals surface area (Å²) in [5.41, 5.74) is 1.08. The lowest BCUT2D eigenvalue weighted by Crippen LogP contribution is -2.21. The van der Waals surface area contributed by atoms with Crippen LogP contribution in [0.1, 0.15) is 32.3 Å². The minimum atomic E-state index is 0.178. The third-order valence-corrected chi connectivity index (χ3v) is 3.03. The van der Waals surface area contributed by atoms with Gasteiger partial charge in [-0.25, -0.2) is 0 Å². The fourth-order valence-corrected chi connectivity index (χ4v) is 1.89. The first-order chi connectivity index (χ1) is 10.1. The lowest BCUT2D eigenvalue weighted by Gasteiger charge is -2.17. The van der Waals surface area contributed by atoms with Gasteiger partial charge in [0, 0.05) is 19.2 Å². The first-order valence-corrected chi connectivity index (χ1v) is 7.34. The molecule has 2 N–H and O–H groups in total. The van der Waals surface area contributed by atoms with Gasteiger partial charge in [-0.2, -0.15) is 0 Å². The molecule has 0 fully saturated rings. The number of ether oxygens (including phenoxy) is 3. The summed E-state index contributed by atoms with van der Waals surface area (Å²) in [5, 5.41) is 12.2. The van der Waals surface area contributed by atoms with Crippen LogP contribution in [-0.4, -0.2) is 38.6 Å². The quantitative estimate of drug-likeness (QED) is 0.649. The van der Waals surface area contributed by atoms with Crippen LogP contribution in [0.15, 0.2) is 12.1 Å². The van der Waals surface area contributed by atoms with Gasteiger partial charge in [0.15, 0.2) is 11.5 Å². The zero-order valence-electron chi connectivity index (χ0n) is 13.4. The van der Waals surface area contributed by atoms with E-state index in [2.05, 4.69) is 19.2 Å². The predicted molar refractivity (Wildman–Crippen MR) is 83.3 cm³/mol. The number of benzene rings is 1. The smallest absolute Gasteiger partial charge is 0.203 e. The molecule has 0 aliphatic carbocycles. The number of unbranched alkanes of at least 4 members (excludes halogenated alkanes) is 1. The van der Waals surface area contributed by atoms with Gasteiger partial charge in [-0.05, 0) is 30.5 Å². The second-order valence-electron chi connectivity index (χ2n) is 5.14. The molecule has 0 aliphatic rings. The number of rotatable bonds is 10. The van der Waals surface area contributed by atoms with Gasteiger partial charge in [0.2, 0.25) is 5.75 Å². The first kappa shape index (κ1) is 17.6. The van der Waals surface area contributed by atoms with Crippen LogP contribution in [0, 0.1) is 0 Å². The Hall–Kier alpha value is -1.46. The molecule has 0 bridgehead atoms. The van der Waals surface area contributed by atoms with Crippen molar-refractivity contribution in [1.82, 2.24) is 5.32 Å². The molecule has 0 spiro atoms. The molecule has 1 aromatic carbocycles. The van der Waals surface area contributed by atoms with Gasteiger partial charge in [-0.15, -0.1) is 0 Å². The molecule has 1 rings (SSSR count). The molecule has 0 radical (unpaired) electrons. The number of hydrogen-bond donors (Lipinski definition) is 2. The van der Waals surface area contributed by atoms with E-state index in [9.17, 15) is 0 Å². The largest absolute Gasteiger partial charge is 0.493 e. The van der Waals surface area contributed by atoms with Crippen LogP contribution in [0.5, 0.6) is 17.2 Å². The zero-order valence-corrected chi connectivity index (χ0v) is 13.4. The third kappa shape index (κ3) is 5.81. The summed E-state index contributed by atoms with van der Waals surface area (Å²) in [6.45, 7) is 5.66. The Kier molecular flexibility index (Phi) is 7.93. The highest BCUT2D eigenvalue weighted by atomic mass is 16.5. The van der Waals surface area contributed by atoms with Crippen molar-refractivity contribution in [1.29, 1.82) is 0 Å². The molecular weight excluding hydrogens is 270 g/mol. The number of aliphatic hydroxyl groups is 1. The number of aliphatic hydroxyl groups excluding tert-OH is 1. The van der Waals surface area contributed by atoms with Crippen molar-refractivity contribution in [3.05, 3.63) is 17.7 Å². The van der Waals surface area contributed by atoms with Gasteiger partial charge < -0.3 is 24.6 Å². The molecule has 5 heteroatoms. The van der Waals surface area contributed by atoms with Gasteiger partial charge in [-0.1, -0.05) is 13.8 Å². The lowest BCUT2D eigenvalue weighted by molar-refractivity contribution is 0.240. The van der Waals surface area contributed by atoms with Crippen molar-refractivity contribution in [3.63, 3.8) is 0 Å². The van der Waals surface area contributed by atoms with Crippen LogP contribution >= 0.6 is 0 Å². The summed E-state index contributed by atoms with van der Waals surface area (Å²) in [5.74, 6) is 1.95. The Morgan fingerprint density at radius 3 is 2.19 bits per heavy atom. The number of nitrogens with one attached hydrogen (secondary N) is 1. The second kappa shape index (κ2) is 9.47. The molecule has 5 nitrogen and oxygen atoms in total. The van der Waals surface area contributed by atoms with Gasteiger partial charge in [0.05, 0.1) is 20.8 Å². The third-order valence-electron chi connectivity index (χ3n) is 3.03. The highest BCUT2D eigenvalue weighted by molar-refractivity contribution is 5.53. The zero-order chi connectivity index (χ0) is 15.7. The molecule has 1 aromatic rings. The minimum Gasteiger partial charge on any atom is -0.493 e. The van der Waals surface area contributed by atoms with E-state index in [1.54, 1.807) is 14.2 Å². The molecule has 120 valence electrons. The van der Waals surface area contributed by atoms with E-state index in [1.165, 1.54) is 0 Å². The summed E-state index contributed by atoms with van der Waals surface area (Å²) >= 11 is 0. The van der Waals surface area contributed by atoms with E-state index in [4.69, 9.17) is 19.3 Å². The van der Waals surface area contributed by atoms with E-state index in [-0.39, 0.29) is 6.61 Å². The summed E-state index contributed by atoms with van der Waals surface area (Å²) in [7, 11) is 3.24. The standard InChI is InChI=1S/C16H27NO4/c1-12(2)17-11-13-9-14(19-3)16(15(10-13)20-4)21-8-6-5-7-18/h9-10,12,17-18H,5-8,11H2,1-4H3. The Morgan fingerprint density at radius 1 is 1.10 bits per heavy atom. The average molecular weight is 297 g/mol. The van der Waals surface area contributed by atoms with Gasteiger partial charge in [0.25, 0.3) is 0 Å². The Labute approximate surface area is 127 Å². The lowest BCUT2D eigenvalue weighted by atomic mass is 10.1. The van der Waals surface area contributed by atoms with Crippen LogP contribution in [0.3, 0.4) is 0 Å². The molecule has 0 atom stereocenters. The fraction of sp³-hybridized carbons (Fsp3) is 0.625. The SMILES string of the molecule is COc1cc(CNC(C)C)cc(OC)c1OCCCCO. The monoisotopic (exact) mass is 297 g/mol. The van der Waals surface area contributed by atoms with Crippen LogP contribution in [0.4, 0.5) is 0 Å². The number of methoxy groups -OCH3 is 2. The van der Waals surface area contributed by atoms with Crippen molar-refractivity contribution in [3.8, 4) is 17.2 Å². The summed E-state index contributed by atoms with van der Waals surface area (Å²) in [6, 6.07) is 4.33. The maximum absolute atomic E-state index is 8.79. The first-order valence-electron chi connectivity index (χ1n) is 7.34. The van der Waals surface area contributed by atoms with E-state index in [0.29, 0.717) is 29.9 Å². The van der Waals surface area contributed by atoms with Crippen LogP contribution in [0.25, 0.3) is 0 Å². The Balaban J connectivity index is 2.85. The van der Waals surface area contributed by atoms with Gasteiger partial charge >= 0.3 is 0 Å². The minimum absolute atomic E-state index is 0.178. The van der Waals surface area contributed by atoms with Crippen molar-refractivity contribution in [2.45, 2.75) is 39.3 Å². The number of hydrogen-bond acceptors (Lipinski definition) is 5. The van der Waals surface area contributed by atoms with Gasteiger partial charge in [0.1, 0.15) is 0 Å². The topological polar surface area (TPSA) is 60.0 Å². The molecule has 0 saturated carbocycles. The van der Waals surface area contributed by atoms with E-state index in [1.807, 2.05) is 12.1 Å². The Morgan fingerprint density at radius 2 is 1.71 bits per heavy atom. The summed E-state index contributed by atoms with van der Waals surface area (Å²) in [4.78, 5) is 0. The fourth-order valence-electron chi connectivity index (χ4n) is 1.89. The van der Waals surface area contributed by atoms with Gasteiger partial charge in [-0.3, -0.25) is 0 Å². The summed E-state index contributed by atoms with van der Waals surface area (Å²) < 4.78 is 16.6. The van der Waals surface area contributed by atoms with Crippen molar-refractivity contribution in [2.75, 3.05) is 27.4 Å². The summed E-state index contributed by atoms with van der Waals surface area (Å²) in [6.07, 6.45) is 1.51. The molecule has 0 unspecified atom stereocenters. The molecule has 0 heterocycles. The Bertz CT molecular complexity index is 396. The van der Waals surface area contributed by atoms with Crippen molar-refractivity contribution >= 4 is 0 Å². The average Bonchev–Trinajstić information content (AvgIpc) is 2.49. The molecule has 0 aliphatic heterocycles. The van der Waals surface area contributed by atoms with Crippen LogP contribution < -0.4 is 19.5 Å². The molecule has 0 amide bonds. The van der Waals surface area contributed by atoms with Crippen LogP contribution in [-0.2, 0) is 6.54 Å². The van der Waals surface area contributed by atoms with E-state index >= 15 is 0 Å². The maximum atomic E-state index is 8.79. The van der Waals surface area contributed by atoms with E-state index in [0.717, 1.165) is 24.9 Å². The van der Waals surface area contributed by atoms with Crippen molar-refractivity contribution in [2.24, 2.45) is 0 Å². The molecule has 21 heavy (non-hydrogen) atoms. The second-order valence-corrected chi connectivity index (χ2v) is 5.14. The maximum Gasteiger partial charge on any atom is 0.203 e. The van der Waals surface area contributed by atoms with E-state index < -0.39 is 0 Å². The highest BCUT2D eigenvalue weighted by Crippen LogP contribution is 2.38.